The van der Waals surface area contributed by atoms with Crippen molar-refractivity contribution in [2.24, 2.45) is 0 Å². The summed E-state index contributed by atoms with van der Waals surface area (Å²) in [5, 5.41) is 13.8. The van der Waals surface area contributed by atoms with Gasteiger partial charge >= 0.3 is 0 Å². The standard InChI is InChI=1S/C54H107N2O6P/c1-6-8-10-12-14-16-18-20-22-24-26-27-28-29-30-32-34-36-38-40-42-44-46-48-54(58)55-52(51-62-63(59,60)61-50-49-56(3,4)5)53(57)47-45-43-41-39-37-35-33-31-25-23-21-19-17-15-13-11-9-7-2/h37,39,45,47,52-53,57H,6-36,38,40-44,46,48-51H2,1-5H3,(H-,55,58,59,60)/b39-37+,47-45+. The van der Waals surface area contributed by atoms with Gasteiger partial charge in [0.05, 0.1) is 39.9 Å². The summed E-state index contributed by atoms with van der Waals surface area (Å²) in [6, 6.07) is -0.899. The van der Waals surface area contributed by atoms with Gasteiger partial charge in [-0.25, -0.2) is 0 Å². The SMILES string of the molecule is CCCCCCCCCCCCCC/C=C/CC/C=C/C(O)C(COP(=O)([O-])OCC[N+](C)(C)C)NC(=O)CCCCCCCCCCCCCCCCCCCCCCCCC. The molecule has 1 amide bonds. The number of amides is 1. The summed E-state index contributed by atoms with van der Waals surface area (Å²) in [7, 11) is 1.26. The van der Waals surface area contributed by atoms with Crippen LogP contribution in [0.15, 0.2) is 24.3 Å². The molecule has 0 aromatic carbocycles. The number of likely N-dealkylation sites (N-methyl/N-ethyl adjacent to an activating group) is 1. The maximum absolute atomic E-state index is 12.9. The fourth-order valence-corrected chi connectivity index (χ4v) is 8.84. The first-order valence-corrected chi connectivity index (χ1v) is 28.7. The number of nitrogens with one attached hydrogen (secondary N) is 1. The van der Waals surface area contributed by atoms with Crippen LogP contribution in [0.2, 0.25) is 0 Å². The number of allylic oxidation sites excluding steroid dienone is 3. The highest BCUT2D eigenvalue weighted by atomic mass is 31.2. The topological polar surface area (TPSA) is 108 Å². The van der Waals surface area contributed by atoms with E-state index in [4.69, 9.17) is 9.05 Å². The lowest BCUT2D eigenvalue weighted by atomic mass is 10.0. The number of phosphoric acid groups is 1. The molecule has 9 heteroatoms. The number of phosphoric ester groups is 1. The van der Waals surface area contributed by atoms with Gasteiger partial charge < -0.3 is 28.8 Å². The summed E-state index contributed by atoms with van der Waals surface area (Å²) in [5.74, 6) is -0.202. The summed E-state index contributed by atoms with van der Waals surface area (Å²) >= 11 is 0. The van der Waals surface area contributed by atoms with Gasteiger partial charge in [0.25, 0.3) is 7.82 Å². The third-order valence-corrected chi connectivity index (χ3v) is 13.4. The molecule has 2 N–H and O–H groups in total. The van der Waals surface area contributed by atoms with E-state index in [0.717, 1.165) is 38.5 Å². The lowest BCUT2D eigenvalue weighted by Crippen LogP contribution is -2.45. The quantitative estimate of drug-likeness (QED) is 0.0272. The second-order valence-corrected chi connectivity index (χ2v) is 21.3. The number of aliphatic hydroxyl groups excluding tert-OH is 1. The first-order chi connectivity index (χ1) is 30.5. The molecule has 374 valence electrons. The van der Waals surface area contributed by atoms with Crippen LogP contribution in [0.4, 0.5) is 0 Å². The summed E-state index contributed by atoms with van der Waals surface area (Å²) in [6.45, 7) is 4.66. The van der Waals surface area contributed by atoms with Crippen LogP contribution in [-0.4, -0.2) is 68.5 Å². The average molecular weight is 911 g/mol. The number of hydrogen-bond donors (Lipinski definition) is 2. The van der Waals surface area contributed by atoms with Crippen LogP contribution in [-0.2, 0) is 18.4 Å². The maximum Gasteiger partial charge on any atom is 0.268 e. The molecule has 0 saturated heterocycles. The molecule has 0 aliphatic heterocycles. The van der Waals surface area contributed by atoms with Crippen LogP contribution in [0, 0.1) is 0 Å². The lowest BCUT2D eigenvalue weighted by molar-refractivity contribution is -0.870. The van der Waals surface area contributed by atoms with Crippen LogP contribution >= 0.6 is 7.82 Å². The molecule has 0 radical (unpaired) electrons. The highest BCUT2D eigenvalue weighted by molar-refractivity contribution is 7.45. The van der Waals surface area contributed by atoms with Crippen LogP contribution < -0.4 is 10.2 Å². The predicted octanol–water partition coefficient (Wildman–Crippen LogP) is 15.4. The van der Waals surface area contributed by atoms with Gasteiger partial charge in [-0.3, -0.25) is 9.36 Å². The van der Waals surface area contributed by atoms with E-state index in [1.54, 1.807) is 6.08 Å². The number of carbonyl (C=O) groups excluding carboxylic acids is 1. The fourth-order valence-electron chi connectivity index (χ4n) is 8.11. The minimum Gasteiger partial charge on any atom is -0.756 e. The van der Waals surface area contributed by atoms with Crippen LogP contribution in [0.3, 0.4) is 0 Å². The van der Waals surface area contributed by atoms with Gasteiger partial charge in [-0.1, -0.05) is 250 Å². The highest BCUT2D eigenvalue weighted by Gasteiger charge is 2.23. The van der Waals surface area contributed by atoms with E-state index in [9.17, 15) is 19.4 Å². The minimum atomic E-state index is -4.60. The molecule has 0 aromatic heterocycles. The van der Waals surface area contributed by atoms with Crippen LogP contribution in [0.5, 0.6) is 0 Å². The molecule has 0 heterocycles. The molecule has 0 spiro atoms. The molecule has 63 heavy (non-hydrogen) atoms. The largest absolute Gasteiger partial charge is 0.756 e. The highest BCUT2D eigenvalue weighted by Crippen LogP contribution is 2.38. The molecule has 3 atom stereocenters. The number of rotatable bonds is 50. The van der Waals surface area contributed by atoms with E-state index >= 15 is 0 Å². The third-order valence-electron chi connectivity index (χ3n) is 12.4. The van der Waals surface area contributed by atoms with Gasteiger partial charge in [-0.15, -0.1) is 0 Å². The van der Waals surface area contributed by atoms with E-state index in [2.05, 4.69) is 31.3 Å². The zero-order chi connectivity index (χ0) is 46.4. The number of unbranched alkanes of at least 4 members (excludes halogenated alkanes) is 35. The monoisotopic (exact) mass is 911 g/mol. The molecule has 0 aromatic rings. The molecular weight excluding hydrogens is 804 g/mol. The van der Waals surface area contributed by atoms with Crippen molar-refractivity contribution in [3.8, 4) is 0 Å². The van der Waals surface area contributed by atoms with E-state index in [0.29, 0.717) is 17.4 Å². The van der Waals surface area contributed by atoms with Crippen molar-refractivity contribution >= 4 is 13.7 Å². The first kappa shape index (κ1) is 62.0. The molecule has 0 aliphatic carbocycles. The summed E-state index contributed by atoms with van der Waals surface area (Å²) < 4.78 is 23.3. The molecule has 3 unspecified atom stereocenters. The zero-order valence-corrected chi connectivity index (χ0v) is 43.4. The molecule has 0 bridgehead atoms. The van der Waals surface area contributed by atoms with Crippen molar-refractivity contribution in [1.82, 2.24) is 5.32 Å². The number of nitrogens with zero attached hydrogens (tertiary/aromatic N) is 1. The minimum absolute atomic E-state index is 0.00385. The Labute approximate surface area is 392 Å². The number of quaternary nitrogens is 1. The van der Waals surface area contributed by atoms with Gasteiger partial charge in [0.15, 0.2) is 0 Å². The molecule has 0 fully saturated rings. The van der Waals surface area contributed by atoms with Crippen molar-refractivity contribution in [1.29, 1.82) is 0 Å². The second kappa shape index (κ2) is 46.1. The Morgan fingerprint density at radius 2 is 0.889 bits per heavy atom. The summed E-state index contributed by atoms with van der Waals surface area (Å²) in [5.41, 5.74) is 0. The third kappa shape index (κ3) is 48.7. The van der Waals surface area contributed by atoms with E-state index in [1.807, 2.05) is 27.2 Å². The van der Waals surface area contributed by atoms with Crippen LogP contribution in [0.1, 0.15) is 264 Å². The Hall–Kier alpha value is -1.02. The van der Waals surface area contributed by atoms with E-state index in [-0.39, 0.29) is 19.1 Å². The fraction of sp³-hybridized carbons (Fsp3) is 0.907. The van der Waals surface area contributed by atoms with Gasteiger partial charge in [0.1, 0.15) is 13.2 Å². The van der Waals surface area contributed by atoms with Crippen molar-refractivity contribution in [2.75, 3.05) is 40.9 Å². The van der Waals surface area contributed by atoms with E-state index < -0.39 is 20.0 Å². The molecular formula is C54H107N2O6P. The van der Waals surface area contributed by atoms with Crippen molar-refractivity contribution < 1.29 is 32.9 Å². The summed E-state index contributed by atoms with van der Waals surface area (Å²) in [4.78, 5) is 25.4. The summed E-state index contributed by atoms with van der Waals surface area (Å²) in [6.07, 6.45) is 56.8. The van der Waals surface area contributed by atoms with Gasteiger partial charge in [0.2, 0.25) is 5.91 Å². The Morgan fingerprint density at radius 3 is 1.29 bits per heavy atom. The predicted molar refractivity (Wildman–Crippen MR) is 270 cm³/mol. The second-order valence-electron chi connectivity index (χ2n) is 19.9. The zero-order valence-electron chi connectivity index (χ0n) is 42.5. The van der Waals surface area contributed by atoms with Crippen molar-refractivity contribution in [2.45, 2.75) is 276 Å². The lowest BCUT2D eigenvalue weighted by Gasteiger charge is -2.29. The Kier molecular flexibility index (Phi) is 45.4. The van der Waals surface area contributed by atoms with Gasteiger partial charge in [-0.05, 0) is 32.1 Å². The molecule has 0 aliphatic rings. The van der Waals surface area contributed by atoms with Crippen molar-refractivity contribution in [3.05, 3.63) is 24.3 Å². The Morgan fingerprint density at radius 1 is 0.540 bits per heavy atom. The average Bonchev–Trinajstić information content (AvgIpc) is 3.24. The maximum atomic E-state index is 12.9. The van der Waals surface area contributed by atoms with Crippen LogP contribution in [0.25, 0.3) is 0 Å². The number of aliphatic hydroxyl groups is 1. The van der Waals surface area contributed by atoms with E-state index in [1.165, 1.54) is 205 Å². The number of hydrogen-bond acceptors (Lipinski definition) is 6. The smallest absolute Gasteiger partial charge is 0.268 e. The normalized spacial score (nSPS) is 14.2. The number of carbonyl (C=O) groups is 1. The van der Waals surface area contributed by atoms with Crippen molar-refractivity contribution in [3.63, 3.8) is 0 Å². The van der Waals surface area contributed by atoms with Gasteiger partial charge in [-0.2, -0.15) is 0 Å². The molecule has 0 rings (SSSR count). The van der Waals surface area contributed by atoms with Gasteiger partial charge in [0, 0.05) is 6.42 Å². The molecule has 0 saturated carbocycles. The molecule has 8 nitrogen and oxygen atoms in total. The Bertz CT molecular complexity index is 1080. The Balaban J connectivity index is 4.25. The first-order valence-electron chi connectivity index (χ1n) is 27.2.